The van der Waals surface area contributed by atoms with E-state index in [4.69, 9.17) is 4.74 Å². The average Bonchev–Trinajstić information content (AvgIpc) is 3.21. The van der Waals surface area contributed by atoms with E-state index >= 15 is 0 Å². The Labute approximate surface area is 185 Å². The van der Waals surface area contributed by atoms with Gasteiger partial charge in [0.2, 0.25) is 0 Å². The van der Waals surface area contributed by atoms with Crippen LogP contribution in [-0.2, 0) is 9.53 Å². The van der Waals surface area contributed by atoms with E-state index in [1.807, 2.05) is 12.1 Å². The fourth-order valence-electron chi connectivity index (χ4n) is 4.36. The number of nitro groups is 1. The van der Waals surface area contributed by atoms with Crippen molar-refractivity contribution in [3.63, 3.8) is 0 Å². The lowest BCUT2D eigenvalue weighted by molar-refractivity contribution is -0.384. The molecule has 0 spiro atoms. The number of anilines is 1. The van der Waals surface area contributed by atoms with Crippen LogP contribution in [0.4, 0.5) is 11.5 Å². The van der Waals surface area contributed by atoms with Gasteiger partial charge in [-0.15, -0.1) is 0 Å². The standard InChI is InChI=1S/C22H26N6O4/c1-15-13-26(14-16(2)27(15)7-9-32-10-8-29)21-11-17(5-6-23-21)22-19-12-18(28(30)31)3-4-20(19)24-25-22/h3-6,8,11-12,15-16H,7,9-10,13-14H2,1-2H3,(H,24,25). The van der Waals surface area contributed by atoms with Crippen molar-refractivity contribution in [2.75, 3.05) is 37.7 Å². The van der Waals surface area contributed by atoms with Gasteiger partial charge in [0.25, 0.3) is 5.69 Å². The van der Waals surface area contributed by atoms with Gasteiger partial charge in [-0.3, -0.25) is 20.1 Å². The van der Waals surface area contributed by atoms with Crippen molar-refractivity contribution in [2.45, 2.75) is 25.9 Å². The van der Waals surface area contributed by atoms with Crippen molar-refractivity contribution >= 4 is 28.7 Å². The van der Waals surface area contributed by atoms with E-state index < -0.39 is 4.92 Å². The largest absolute Gasteiger partial charge is 0.373 e. The molecule has 0 radical (unpaired) electrons. The Hall–Kier alpha value is -3.37. The molecule has 1 fully saturated rings. The Kier molecular flexibility index (Phi) is 6.42. The zero-order chi connectivity index (χ0) is 22.7. The first-order valence-electron chi connectivity index (χ1n) is 10.6. The molecule has 168 valence electrons. The van der Waals surface area contributed by atoms with Crippen LogP contribution in [0.3, 0.4) is 0 Å². The summed E-state index contributed by atoms with van der Waals surface area (Å²) in [6.07, 6.45) is 2.52. The number of carbonyl (C=O) groups is 1. The fourth-order valence-corrected chi connectivity index (χ4v) is 4.36. The third kappa shape index (κ3) is 4.46. The van der Waals surface area contributed by atoms with Crippen LogP contribution in [0.5, 0.6) is 0 Å². The van der Waals surface area contributed by atoms with Gasteiger partial charge in [0.05, 0.1) is 17.0 Å². The van der Waals surface area contributed by atoms with Crippen LogP contribution in [0.25, 0.3) is 22.2 Å². The first-order valence-corrected chi connectivity index (χ1v) is 10.6. The van der Waals surface area contributed by atoms with E-state index in [-0.39, 0.29) is 24.4 Å². The topological polar surface area (TPSA) is 117 Å². The highest BCUT2D eigenvalue weighted by atomic mass is 16.6. The Bertz CT molecular complexity index is 1100. The molecular formula is C22H26N6O4. The summed E-state index contributed by atoms with van der Waals surface area (Å²) in [7, 11) is 0. The number of nitrogens with zero attached hydrogens (tertiary/aromatic N) is 5. The van der Waals surface area contributed by atoms with E-state index in [0.29, 0.717) is 17.7 Å². The van der Waals surface area contributed by atoms with Crippen LogP contribution in [0, 0.1) is 10.1 Å². The number of non-ortho nitro benzene ring substituents is 1. The quantitative estimate of drug-likeness (QED) is 0.247. The molecule has 1 N–H and O–H groups in total. The van der Waals surface area contributed by atoms with Gasteiger partial charge in [-0.25, -0.2) is 4.98 Å². The van der Waals surface area contributed by atoms with E-state index in [1.165, 1.54) is 6.07 Å². The van der Waals surface area contributed by atoms with Crippen LogP contribution >= 0.6 is 0 Å². The number of fused-ring (bicyclic) bond motifs is 1. The number of aromatic nitrogens is 3. The predicted molar refractivity (Wildman–Crippen MR) is 121 cm³/mol. The molecule has 2 atom stereocenters. The van der Waals surface area contributed by atoms with Crippen molar-refractivity contribution in [2.24, 2.45) is 0 Å². The lowest BCUT2D eigenvalue weighted by Gasteiger charge is -2.45. The molecule has 10 heteroatoms. The van der Waals surface area contributed by atoms with Gasteiger partial charge in [-0.1, -0.05) is 0 Å². The number of H-pyrrole nitrogens is 1. The summed E-state index contributed by atoms with van der Waals surface area (Å²) >= 11 is 0. The maximum absolute atomic E-state index is 11.2. The summed E-state index contributed by atoms with van der Waals surface area (Å²) in [6.45, 7) is 7.39. The Morgan fingerprint density at radius 1 is 1.25 bits per heavy atom. The molecule has 0 aliphatic carbocycles. The Morgan fingerprint density at radius 3 is 2.75 bits per heavy atom. The number of hydrogen-bond acceptors (Lipinski definition) is 8. The minimum Gasteiger partial charge on any atom is -0.373 e. The van der Waals surface area contributed by atoms with Gasteiger partial charge in [0.15, 0.2) is 0 Å². The number of hydrogen-bond donors (Lipinski definition) is 1. The molecule has 1 aromatic carbocycles. The van der Waals surface area contributed by atoms with Gasteiger partial charge < -0.3 is 14.4 Å². The highest BCUT2D eigenvalue weighted by molar-refractivity contribution is 5.94. The molecule has 0 saturated carbocycles. The fraction of sp³-hybridized carbons (Fsp3) is 0.409. The second-order valence-electron chi connectivity index (χ2n) is 8.04. The van der Waals surface area contributed by atoms with Crippen molar-refractivity contribution in [3.05, 3.63) is 46.6 Å². The van der Waals surface area contributed by atoms with Crippen molar-refractivity contribution < 1.29 is 14.5 Å². The van der Waals surface area contributed by atoms with Crippen LogP contribution in [0.15, 0.2) is 36.5 Å². The molecule has 2 unspecified atom stereocenters. The lowest BCUT2D eigenvalue weighted by atomic mass is 10.1. The van der Waals surface area contributed by atoms with Gasteiger partial charge in [0.1, 0.15) is 24.4 Å². The first-order chi connectivity index (χ1) is 15.5. The van der Waals surface area contributed by atoms with E-state index in [1.54, 1.807) is 18.3 Å². The number of carbonyl (C=O) groups excluding carboxylic acids is 1. The third-order valence-electron chi connectivity index (χ3n) is 5.88. The van der Waals surface area contributed by atoms with E-state index in [0.717, 1.165) is 42.8 Å². The van der Waals surface area contributed by atoms with Crippen LogP contribution in [0.1, 0.15) is 13.8 Å². The van der Waals surface area contributed by atoms with Gasteiger partial charge >= 0.3 is 0 Å². The van der Waals surface area contributed by atoms with Gasteiger partial charge in [0, 0.05) is 61.0 Å². The molecule has 32 heavy (non-hydrogen) atoms. The number of pyridine rings is 1. The molecule has 4 rings (SSSR count). The number of aromatic amines is 1. The zero-order valence-electron chi connectivity index (χ0n) is 18.1. The second-order valence-corrected chi connectivity index (χ2v) is 8.04. The minimum absolute atomic E-state index is 0.0327. The second kappa shape index (κ2) is 9.41. The van der Waals surface area contributed by atoms with Crippen molar-refractivity contribution in [1.29, 1.82) is 0 Å². The summed E-state index contributed by atoms with van der Waals surface area (Å²) in [4.78, 5) is 30.4. The summed E-state index contributed by atoms with van der Waals surface area (Å²) in [5.41, 5.74) is 2.30. The number of piperazine rings is 1. The number of nitro benzene ring substituents is 1. The first kappa shape index (κ1) is 21.8. The molecule has 10 nitrogen and oxygen atoms in total. The van der Waals surface area contributed by atoms with E-state index in [2.05, 4.69) is 38.8 Å². The van der Waals surface area contributed by atoms with Crippen molar-refractivity contribution in [1.82, 2.24) is 20.1 Å². The molecule has 2 aromatic heterocycles. The minimum atomic E-state index is -0.402. The molecule has 3 aromatic rings. The molecule has 3 heterocycles. The Morgan fingerprint density at radius 2 is 2.03 bits per heavy atom. The summed E-state index contributed by atoms with van der Waals surface area (Å²) in [5.74, 6) is 0.847. The predicted octanol–water partition coefficient (Wildman–Crippen LogP) is 2.65. The highest BCUT2D eigenvalue weighted by Gasteiger charge is 2.30. The van der Waals surface area contributed by atoms with Gasteiger partial charge in [-0.2, -0.15) is 5.10 Å². The normalized spacial score (nSPS) is 19.4. The number of benzene rings is 1. The third-order valence-corrected chi connectivity index (χ3v) is 5.88. The molecule has 0 amide bonds. The number of rotatable bonds is 8. The highest BCUT2D eigenvalue weighted by Crippen LogP contribution is 2.31. The van der Waals surface area contributed by atoms with Crippen LogP contribution in [0.2, 0.25) is 0 Å². The van der Waals surface area contributed by atoms with Crippen LogP contribution < -0.4 is 4.90 Å². The monoisotopic (exact) mass is 438 g/mol. The molecular weight excluding hydrogens is 412 g/mol. The molecule has 0 bridgehead atoms. The summed E-state index contributed by atoms with van der Waals surface area (Å²) in [5, 5.41) is 19.3. The summed E-state index contributed by atoms with van der Waals surface area (Å²) < 4.78 is 5.32. The maximum Gasteiger partial charge on any atom is 0.270 e. The SMILES string of the molecule is CC1CN(c2cc(-c3n[nH]c4ccc([N+](=O)[O-])cc34)ccn2)CC(C)N1CCOCC=O. The Balaban J connectivity index is 1.54. The number of ether oxygens (including phenoxy) is 1. The average molecular weight is 438 g/mol. The molecule has 1 saturated heterocycles. The molecule has 1 aliphatic rings. The van der Waals surface area contributed by atoms with Crippen molar-refractivity contribution in [3.8, 4) is 11.3 Å². The number of nitrogens with one attached hydrogen (secondary N) is 1. The van der Waals surface area contributed by atoms with E-state index in [9.17, 15) is 14.9 Å². The maximum atomic E-state index is 11.2. The summed E-state index contributed by atoms with van der Waals surface area (Å²) in [6, 6.07) is 9.12. The van der Waals surface area contributed by atoms with Crippen LogP contribution in [-0.4, -0.2) is 76.2 Å². The smallest absolute Gasteiger partial charge is 0.270 e. The van der Waals surface area contributed by atoms with Gasteiger partial charge in [-0.05, 0) is 32.0 Å². The lowest BCUT2D eigenvalue weighted by Crippen LogP contribution is -2.57. The zero-order valence-corrected chi connectivity index (χ0v) is 18.1. The number of aldehydes is 1. The molecule has 1 aliphatic heterocycles.